The summed E-state index contributed by atoms with van der Waals surface area (Å²) in [7, 11) is 3.18. The first kappa shape index (κ1) is 15.8. The average molecular weight is 316 g/mol. The lowest BCUT2D eigenvalue weighted by atomic mass is 9.90. The third kappa shape index (κ3) is 2.80. The number of para-hydroxylation sites is 1. The maximum atomic E-state index is 12.4. The fraction of sp³-hybridized carbons (Fsp3) is 0.556. The molecule has 5 heteroatoms. The Kier molecular flexibility index (Phi) is 4.28. The van der Waals surface area contributed by atoms with Crippen LogP contribution in [0, 0.1) is 17.3 Å². The van der Waals surface area contributed by atoms with Gasteiger partial charge in [-0.1, -0.05) is 25.8 Å². The number of amides is 1. The first-order valence-corrected chi connectivity index (χ1v) is 8.15. The summed E-state index contributed by atoms with van der Waals surface area (Å²) in [6.45, 7) is 2.23. The molecule has 0 bridgehead atoms. The largest absolute Gasteiger partial charge is 0.493 e. The van der Waals surface area contributed by atoms with Gasteiger partial charge in [0.2, 0.25) is 5.91 Å². The normalized spacial score (nSPS) is 29.0. The van der Waals surface area contributed by atoms with Crippen molar-refractivity contribution in [1.82, 2.24) is 5.43 Å². The molecule has 1 aromatic carbocycles. The van der Waals surface area contributed by atoms with Crippen LogP contribution in [-0.4, -0.2) is 26.3 Å². The molecule has 3 rings (SSSR count). The van der Waals surface area contributed by atoms with E-state index in [4.69, 9.17) is 9.47 Å². The van der Waals surface area contributed by atoms with Crippen LogP contribution in [0.25, 0.3) is 0 Å². The number of fused-ring (bicyclic) bond motifs is 1. The van der Waals surface area contributed by atoms with E-state index in [1.54, 1.807) is 20.4 Å². The van der Waals surface area contributed by atoms with Crippen LogP contribution in [0.1, 0.15) is 38.2 Å². The van der Waals surface area contributed by atoms with Gasteiger partial charge in [-0.2, -0.15) is 5.10 Å². The zero-order valence-electron chi connectivity index (χ0n) is 14.0. The second-order valence-corrected chi connectivity index (χ2v) is 6.65. The van der Waals surface area contributed by atoms with Crippen molar-refractivity contribution in [3.05, 3.63) is 23.8 Å². The highest BCUT2D eigenvalue weighted by Crippen LogP contribution is 2.66. The van der Waals surface area contributed by atoms with Crippen LogP contribution in [0.4, 0.5) is 0 Å². The number of carbonyl (C=O) groups is 1. The average Bonchev–Trinajstić information content (AvgIpc) is 3.20. The van der Waals surface area contributed by atoms with E-state index in [9.17, 15) is 4.79 Å². The molecule has 0 saturated heterocycles. The summed E-state index contributed by atoms with van der Waals surface area (Å²) in [4.78, 5) is 12.4. The molecule has 0 aliphatic heterocycles. The minimum atomic E-state index is 0.0394. The van der Waals surface area contributed by atoms with Gasteiger partial charge in [-0.05, 0) is 36.3 Å². The van der Waals surface area contributed by atoms with Gasteiger partial charge in [0.15, 0.2) is 11.5 Å². The van der Waals surface area contributed by atoms with Crippen molar-refractivity contribution >= 4 is 12.1 Å². The van der Waals surface area contributed by atoms with Crippen LogP contribution in [0.2, 0.25) is 0 Å². The molecule has 0 spiro atoms. The summed E-state index contributed by atoms with van der Waals surface area (Å²) in [5.41, 5.74) is 3.67. The Bertz CT molecular complexity index is 629. The zero-order valence-corrected chi connectivity index (χ0v) is 14.0. The molecule has 1 N–H and O–H groups in total. The molecule has 0 aromatic heterocycles. The molecule has 0 heterocycles. The topological polar surface area (TPSA) is 59.9 Å². The lowest BCUT2D eigenvalue weighted by Gasteiger charge is -2.15. The summed E-state index contributed by atoms with van der Waals surface area (Å²) in [6, 6.07) is 5.56. The maximum Gasteiger partial charge on any atom is 0.244 e. The molecular weight excluding hydrogens is 292 g/mol. The summed E-state index contributed by atoms with van der Waals surface area (Å²) >= 11 is 0. The van der Waals surface area contributed by atoms with Crippen LogP contribution < -0.4 is 14.9 Å². The Balaban J connectivity index is 1.65. The monoisotopic (exact) mass is 316 g/mol. The van der Waals surface area contributed by atoms with E-state index in [1.165, 1.54) is 19.3 Å². The molecule has 0 unspecified atom stereocenters. The van der Waals surface area contributed by atoms with Crippen molar-refractivity contribution < 1.29 is 14.3 Å². The lowest BCUT2D eigenvalue weighted by Crippen LogP contribution is -2.22. The standard InChI is InChI=1S/C18H24N2O3/c1-18-10-5-4-8-13(18)15(18)17(21)20-19-11-12-7-6-9-14(22-2)16(12)23-3/h6-7,9,11,13,15H,4-5,8,10H2,1-3H3,(H,20,21)/b19-11-/t13-,15+,18-/m1/s1. The molecule has 5 nitrogen and oxygen atoms in total. The van der Waals surface area contributed by atoms with Gasteiger partial charge < -0.3 is 9.47 Å². The van der Waals surface area contributed by atoms with Gasteiger partial charge in [0, 0.05) is 11.5 Å². The number of hydrogen-bond donors (Lipinski definition) is 1. The Labute approximate surface area is 137 Å². The van der Waals surface area contributed by atoms with Gasteiger partial charge in [0.05, 0.1) is 20.4 Å². The van der Waals surface area contributed by atoms with Crippen LogP contribution in [0.5, 0.6) is 11.5 Å². The number of carbonyl (C=O) groups excluding carboxylic acids is 1. The number of nitrogens with one attached hydrogen (secondary N) is 1. The molecule has 1 aromatic rings. The van der Waals surface area contributed by atoms with Gasteiger partial charge >= 0.3 is 0 Å². The van der Waals surface area contributed by atoms with Gasteiger partial charge in [0.1, 0.15) is 0 Å². The van der Waals surface area contributed by atoms with E-state index in [-0.39, 0.29) is 17.2 Å². The summed E-state index contributed by atoms with van der Waals surface area (Å²) in [5.74, 6) is 1.95. The minimum absolute atomic E-state index is 0.0394. The van der Waals surface area contributed by atoms with E-state index < -0.39 is 0 Å². The Morgan fingerprint density at radius 3 is 2.83 bits per heavy atom. The Morgan fingerprint density at radius 1 is 1.35 bits per heavy atom. The van der Waals surface area contributed by atoms with Gasteiger partial charge in [-0.25, -0.2) is 5.43 Å². The number of methoxy groups -OCH3 is 2. The molecule has 2 saturated carbocycles. The van der Waals surface area contributed by atoms with Crippen molar-refractivity contribution in [3.8, 4) is 11.5 Å². The fourth-order valence-corrected chi connectivity index (χ4v) is 4.10. The summed E-state index contributed by atoms with van der Waals surface area (Å²) in [6.07, 6.45) is 6.41. The number of ether oxygens (including phenoxy) is 2. The second kappa shape index (κ2) is 6.22. The fourth-order valence-electron chi connectivity index (χ4n) is 4.10. The minimum Gasteiger partial charge on any atom is -0.493 e. The number of nitrogens with zero attached hydrogens (tertiary/aromatic N) is 1. The van der Waals surface area contributed by atoms with Crippen LogP contribution >= 0.6 is 0 Å². The number of rotatable bonds is 5. The molecule has 124 valence electrons. The predicted molar refractivity (Wildman–Crippen MR) is 88.8 cm³/mol. The molecule has 3 atom stereocenters. The molecule has 0 radical (unpaired) electrons. The van der Waals surface area contributed by atoms with E-state index >= 15 is 0 Å². The van der Waals surface area contributed by atoms with Crippen molar-refractivity contribution in [3.63, 3.8) is 0 Å². The van der Waals surface area contributed by atoms with Crippen LogP contribution in [-0.2, 0) is 4.79 Å². The van der Waals surface area contributed by atoms with Crippen molar-refractivity contribution in [2.24, 2.45) is 22.4 Å². The van der Waals surface area contributed by atoms with E-state index in [0.717, 1.165) is 12.0 Å². The summed E-state index contributed by atoms with van der Waals surface area (Å²) < 4.78 is 10.6. The second-order valence-electron chi connectivity index (χ2n) is 6.65. The van der Waals surface area contributed by atoms with Gasteiger partial charge in [0.25, 0.3) is 0 Å². The first-order chi connectivity index (χ1) is 11.1. The SMILES string of the molecule is COc1cccc(/C=N\NC(=O)[C@@H]2[C@H]3CCCC[C@]32C)c1OC. The molecular formula is C18H24N2O3. The maximum absolute atomic E-state index is 12.4. The van der Waals surface area contributed by atoms with Gasteiger partial charge in [-0.15, -0.1) is 0 Å². The molecule has 23 heavy (non-hydrogen) atoms. The first-order valence-electron chi connectivity index (χ1n) is 8.15. The zero-order chi connectivity index (χ0) is 16.4. The highest BCUT2D eigenvalue weighted by molar-refractivity contribution is 5.88. The molecule has 1 amide bonds. The molecule has 2 fully saturated rings. The van der Waals surface area contributed by atoms with Crippen LogP contribution in [0.15, 0.2) is 23.3 Å². The van der Waals surface area contributed by atoms with E-state index in [2.05, 4.69) is 17.5 Å². The van der Waals surface area contributed by atoms with Gasteiger partial charge in [-0.3, -0.25) is 4.79 Å². The summed E-state index contributed by atoms with van der Waals surface area (Å²) in [5, 5.41) is 4.12. The van der Waals surface area contributed by atoms with Crippen molar-refractivity contribution in [2.75, 3.05) is 14.2 Å². The lowest BCUT2D eigenvalue weighted by molar-refractivity contribution is -0.123. The van der Waals surface area contributed by atoms with Crippen LogP contribution in [0.3, 0.4) is 0 Å². The number of benzene rings is 1. The van der Waals surface area contributed by atoms with Crippen molar-refractivity contribution in [1.29, 1.82) is 0 Å². The number of hydrazone groups is 1. The van der Waals surface area contributed by atoms with E-state index in [1.807, 2.05) is 18.2 Å². The molecule has 2 aliphatic carbocycles. The third-order valence-corrected chi connectivity index (χ3v) is 5.43. The predicted octanol–water partition coefficient (Wildman–Crippen LogP) is 2.98. The van der Waals surface area contributed by atoms with E-state index in [0.29, 0.717) is 17.4 Å². The quantitative estimate of drug-likeness (QED) is 0.671. The third-order valence-electron chi connectivity index (χ3n) is 5.43. The Hall–Kier alpha value is -2.04. The van der Waals surface area contributed by atoms with Crippen molar-refractivity contribution in [2.45, 2.75) is 32.6 Å². The number of hydrogen-bond acceptors (Lipinski definition) is 4. The smallest absolute Gasteiger partial charge is 0.244 e. The molecule has 2 aliphatic rings. The Morgan fingerprint density at radius 2 is 2.17 bits per heavy atom. The highest BCUT2D eigenvalue weighted by Gasteiger charge is 2.64. The highest BCUT2D eigenvalue weighted by atomic mass is 16.5.